The van der Waals surface area contributed by atoms with Gasteiger partial charge in [0, 0.05) is 12.4 Å². The third-order valence-corrected chi connectivity index (χ3v) is 3.99. The number of rotatable bonds is 5. The van der Waals surface area contributed by atoms with Gasteiger partial charge in [-0.2, -0.15) is 0 Å². The Bertz CT molecular complexity index is 472. The van der Waals surface area contributed by atoms with Gasteiger partial charge in [-0.25, -0.2) is 0 Å². The minimum absolute atomic E-state index is 0.174. The third kappa shape index (κ3) is 2.98. The first-order valence-corrected chi connectivity index (χ1v) is 7.26. The van der Waals surface area contributed by atoms with E-state index in [-0.39, 0.29) is 5.97 Å². The Labute approximate surface area is 120 Å². The molecule has 1 fully saturated rings. The number of likely N-dealkylation sites (tertiary alicyclic amines) is 1. The average molecular weight is 277 g/mol. The van der Waals surface area contributed by atoms with Gasteiger partial charge in [0.1, 0.15) is 0 Å². The molecule has 1 saturated heterocycles. The van der Waals surface area contributed by atoms with Crippen molar-refractivity contribution in [2.45, 2.75) is 45.6 Å². The summed E-state index contributed by atoms with van der Waals surface area (Å²) < 4.78 is 5.14. The Morgan fingerprint density at radius 2 is 2.00 bits per heavy atom. The van der Waals surface area contributed by atoms with Crippen LogP contribution >= 0.6 is 0 Å². The van der Waals surface area contributed by atoms with Gasteiger partial charge >= 0.3 is 5.97 Å². The molecular formula is C15H23N3O2. The molecule has 5 heteroatoms. The quantitative estimate of drug-likeness (QED) is 0.771. The Hall–Kier alpha value is -1.49. The molecule has 0 aromatic carbocycles. The molecule has 2 heterocycles. The third-order valence-electron chi connectivity index (χ3n) is 3.99. The standard InChI is InChI=1S/C15H23N3O2/c1-4-20-13(19)11-15(3,18-9-5-6-10-18)14-12(2)16-7-8-17-14/h7-8H,4-6,9-11H2,1-3H3. The molecule has 1 atom stereocenters. The Balaban J connectivity index is 2.33. The summed E-state index contributed by atoms with van der Waals surface area (Å²) in [5.41, 5.74) is 1.34. The maximum absolute atomic E-state index is 12.0. The number of ether oxygens (including phenoxy) is 1. The fourth-order valence-electron chi connectivity index (χ4n) is 2.99. The van der Waals surface area contributed by atoms with Crippen molar-refractivity contribution in [3.05, 3.63) is 23.8 Å². The zero-order valence-electron chi connectivity index (χ0n) is 12.6. The fraction of sp³-hybridized carbons (Fsp3) is 0.667. The first kappa shape index (κ1) is 14.9. The number of carbonyl (C=O) groups excluding carboxylic acids is 1. The average Bonchev–Trinajstić information content (AvgIpc) is 2.93. The van der Waals surface area contributed by atoms with Gasteiger partial charge in [-0.3, -0.25) is 19.7 Å². The Morgan fingerprint density at radius 1 is 1.35 bits per heavy atom. The molecule has 1 aliphatic rings. The predicted molar refractivity (Wildman–Crippen MR) is 76.2 cm³/mol. The van der Waals surface area contributed by atoms with Gasteiger partial charge in [-0.15, -0.1) is 0 Å². The van der Waals surface area contributed by atoms with E-state index in [1.165, 1.54) is 0 Å². The molecule has 0 amide bonds. The second kappa shape index (κ2) is 6.31. The summed E-state index contributed by atoms with van der Waals surface area (Å²) >= 11 is 0. The van der Waals surface area contributed by atoms with Gasteiger partial charge in [-0.1, -0.05) is 0 Å². The van der Waals surface area contributed by atoms with E-state index in [1.54, 1.807) is 12.4 Å². The molecule has 1 aliphatic heterocycles. The molecule has 5 nitrogen and oxygen atoms in total. The van der Waals surface area contributed by atoms with Crippen molar-refractivity contribution in [3.63, 3.8) is 0 Å². The normalized spacial score (nSPS) is 18.8. The van der Waals surface area contributed by atoms with Crippen LogP contribution in [0.25, 0.3) is 0 Å². The van der Waals surface area contributed by atoms with E-state index in [1.807, 2.05) is 13.8 Å². The van der Waals surface area contributed by atoms with E-state index in [9.17, 15) is 4.79 Å². The first-order chi connectivity index (χ1) is 9.58. The van der Waals surface area contributed by atoms with Gasteiger partial charge in [0.2, 0.25) is 0 Å². The monoisotopic (exact) mass is 277 g/mol. The van der Waals surface area contributed by atoms with Crippen LogP contribution in [0.1, 0.15) is 44.5 Å². The van der Waals surface area contributed by atoms with Crippen LogP contribution in [0.4, 0.5) is 0 Å². The van der Waals surface area contributed by atoms with E-state index in [0.29, 0.717) is 13.0 Å². The smallest absolute Gasteiger partial charge is 0.308 e. The Morgan fingerprint density at radius 3 is 2.60 bits per heavy atom. The molecule has 2 rings (SSSR count). The number of carbonyl (C=O) groups is 1. The highest BCUT2D eigenvalue weighted by atomic mass is 16.5. The van der Waals surface area contributed by atoms with Crippen LogP contribution in [-0.2, 0) is 15.1 Å². The molecule has 110 valence electrons. The maximum atomic E-state index is 12.0. The van der Waals surface area contributed by atoms with Gasteiger partial charge in [-0.05, 0) is 46.7 Å². The summed E-state index contributed by atoms with van der Waals surface area (Å²) in [5.74, 6) is -0.174. The molecule has 0 spiro atoms. The van der Waals surface area contributed by atoms with E-state index >= 15 is 0 Å². The molecule has 1 unspecified atom stereocenters. The lowest BCUT2D eigenvalue weighted by atomic mass is 9.90. The molecular weight excluding hydrogens is 254 g/mol. The highest BCUT2D eigenvalue weighted by Gasteiger charge is 2.40. The van der Waals surface area contributed by atoms with Crippen LogP contribution < -0.4 is 0 Å². The zero-order chi connectivity index (χ0) is 14.6. The topological polar surface area (TPSA) is 55.3 Å². The minimum Gasteiger partial charge on any atom is -0.466 e. The van der Waals surface area contributed by atoms with Crippen LogP contribution in [0.5, 0.6) is 0 Å². The van der Waals surface area contributed by atoms with Gasteiger partial charge in [0.15, 0.2) is 0 Å². The Kier molecular flexibility index (Phi) is 4.70. The van der Waals surface area contributed by atoms with E-state index in [4.69, 9.17) is 4.74 Å². The van der Waals surface area contributed by atoms with Crippen LogP contribution in [0.15, 0.2) is 12.4 Å². The van der Waals surface area contributed by atoms with Crippen molar-refractivity contribution in [1.82, 2.24) is 14.9 Å². The maximum Gasteiger partial charge on any atom is 0.308 e. The van der Waals surface area contributed by atoms with Crippen molar-refractivity contribution < 1.29 is 9.53 Å². The lowest BCUT2D eigenvalue weighted by Crippen LogP contribution is -2.45. The van der Waals surface area contributed by atoms with Gasteiger partial charge < -0.3 is 4.74 Å². The second-order valence-electron chi connectivity index (χ2n) is 5.44. The summed E-state index contributed by atoms with van der Waals surface area (Å²) in [6, 6.07) is 0. The summed E-state index contributed by atoms with van der Waals surface area (Å²) in [5, 5.41) is 0. The lowest BCUT2D eigenvalue weighted by Gasteiger charge is -2.38. The van der Waals surface area contributed by atoms with Crippen LogP contribution in [0.2, 0.25) is 0 Å². The van der Waals surface area contributed by atoms with E-state index in [0.717, 1.165) is 37.3 Å². The minimum atomic E-state index is -0.429. The van der Waals surface area contributed by atoms with Crippen LogP contribution in [0.3, 0.4) is 0 Å². The van der Waals surface area contributed by atoms with E-state index < -0.39 is 5.54 Å². The van der Waals surface area contributed by atoms with E-state index in [2.05, 4.69) is 21.8 Å². The summed E-state index contributed by atoms with van der Waals surface area (Å²) in [6.07, 6.45) is 6.03. The van der Waals surface area contributed by atoms with Crippen LogP contribution in [-0.4, -0.2) is 40.5 Å². The number of esters is 1. The molecule has 1 aromatic rings. The molecule has 0 saturated carbocycles. The van der Waals surface area contributed by atoms with Crippen LogP contribution in [0, 0.1) is 6.92 Å². The number of aromatic nitrogens is 2. The molecule has 1 aromatic heterocycles. The fourth-order valence-corrected chi connectivity index (χ4v) is 2.99. The number of hydrogen-bond donors (Lipinski definition) is 0. The predicted octanol–water partition coefficient (Wildman–Crippen LogP) is 2.05. The zero-order valence-corrected chi connectivity index (χ0v) is 12.6. The van der Waals surface area contributed by atoms with Crippen molar-refractivity contribution in [1.29, 1.82) is 0 Å². The van der Waals surface area contributed by atoms with Crippen molar-refractivity contribution in [3.8, 4) is 0 Å². The van der Waals surface area contributed by atoms with Gasteiger partial charge in [0.25, 0.3) is 0 Å². The first-order valence-electron chi connectivity index (χ1n) is 7.26. The largest absolute Gasteiger partial charge is 0.466 e. The second-order valence-corrected chi connectivity index (χ2v) is 5.44. The highest BCUT2D eigenvalue weighted by molar-refractivity contribution is 5.71. The molecule has 20 heavy (non-hydrogen) atoms. The number of hydrogen-bond acceptors (Lipinski definition) is 5. The summed E-state index contributed by atoms with van der Waals surface area (Å²) in [6.45, 7) is 8.25. The number of aryl methyl sites for hydroxylation is 1. The number of nitrogens with zero attached hydrogens (tertiary/aromatic N) is 3. The lowest BCUT2D eigenvalue weighted by molar-refractivity contribution is -0.146. The highest BCUT2D eigenvalue weighted by Crippen LogP contribution is 2.35. The van der Waals surface area contributed by atoms with Gasteiger partial charge in [0.05, 0.1) is 30.0 Å². The van der Waals surface area contributed by atoms with Crippen molar-refractivity contribution in [2.75, 3.05) is 19.7 Å². The molecule has 0 bridgehead atoms. The molecule has 0 N–H and O–H groups in total. The summed E-state index contributed by atoms with van der Waals surface area (Å²) in [4.78, 5) is 23.2. The van der Waals surface area contributed by atoms with Crippen molar-refractivity contribution >= 4 is 5.97 Å². The van der Waals surface area contributed by atoms with Crippen molar-refractivity contribution in [2.24, 2.45) is 0 Å². The molecule has 0 aliphatic carbocycles. The molecule has 0 radical (unpaired) electrons. The summed E-state index contributed by atoms with van der Waals surface area (Å²) in [7, 11) is 0. The SMILES string of the molecule is CCOC(=O)CC(C)(c1nccnc1C)N1CCCC1.